The van der Waals surface area contributed by atoms with Crippen molar-refractivity contribution < 1.29 is 22.7 Å². The van der Waals surface area contributed by atoms with Crippen molar-refractivity contribution >= 4 is 46.2 Å². The van der Waals surface area contributed by atoms with Crippen LogP contribution in [-0.2, 0) is 11.0 Å². The minimum Gasteiger partial charge on any atom is -0.496 e. The van der Waals surface area contributed by atoms with E-state index in [9.17, 15) is 18.0 Å². The van der Waals surface area contributed by atoms with Crippen LogP contribution in [-0.4, -0.2) is 18.2 Å². The zero-order valence-electron chi connectivity index (χ0n) is 13.8. The predicted molar refractivity (Wildman–Crippen MR) is 100 cm³/mol. The summed E-state index contributed by atoms with van der Waals surface area (Å²) in [6.07, 6.45) is -2.89. The molecule has 0 aliphatic carbocycles. The summed E-state index contributed by atoms with van der Waals surface area (Å²) >= 11 is 6.94. The smallest absolute Gasteiger partial charge is 0.416 e. The van der Waals surface area contributed by atoms with E-state index in [0.717, 1.165) is 30.0 Å². The molecule has 1 fully saturated rings. The number of nitrogens with one attached hydrogen (secondary N) is 1. The van der Waals surface area contributed by atoms with E-state index in [4.69, 9.17) is 16.3 Å². The molecule has 9 heteroatoms. The molecule has 3 rings (SSSR count). The standard InChI is InChI=1S/C18H12ClF3N2O2S/c1-26-14-5-3-2-4-10(14)8-15-16(25)24-17(27-15)23-13-9-11(18(20,21)22)6-7-12(13)19/h2-9H,1H3,(H,23,24,25). The van der Waals surface area contributed by atoms with Gasteiger partial charge in [0.05, 0.1) is 28.3 Å². The maximum Gasteiger partial charge on any atom is 0.416 e. The number of halogens is 4. The molecular formula is C18H12ClF3N2O2S. The summed E-state index contributed by atoms with van der Waals surface area (Å²) in [5.74, 6) is 0.178. The summed E-state index contributed by atoms with van der Waals surface area (Å²) in [5.41, 5.74) is -0.255. The highest BCUT2D eigenvalue weighted by Gasteiger charge is 2.31. The van der Waals surface area contributed by atoms with Crippen LogP contribution in [0.1, 0.15) is 11.1 Å². The lowest BCUT2D eigenvalue weighted by molar-refractivity contribution is -0.137. The predicted octanol–water partition coefficient (Wildman–Crippen LogP) is 5.26. The number of ether oxygens (including phenoxy) is 1. The number of carbonyl (C=O) groups excluding carboxylic acids is 1. The Hall–Kier alpha value is -2.45. The molecule has 27 heavy (non-hydrogen) atoms. The number of aliphatic imine (C=N–C) groups is 1. The Labute approximate surface area is 162 Å². The van der Waals surface area contributed by atoms with E-state index in [1.807, 2.05) is 0 Å². The fourth-order valence-electron chi connectivity index (χ4n) is 2.29. The number of nitrogens with zero attached hydrogens (tertiary/aromatic N) is 1. The van der Waals surface area contributed by atoms with E-state index in [1.165, 1.54) is 7.11 Å². The van der Waals surface area contributed by atoms with Gasteiger partial charge in [-0.3, -0.25) is 4.79 Å². The number of alkyl halides is 3. The van der Waals surface area contributed by atoms with E-state index in [1.54, 1.807) is 30.3 Å². The van der Waals surface area contributed by atoms with Crippen molar-refractivity contribution in [1.29, 1.82) is 0 Å². The molecule has 0 unspecified atom stereocenters. The lowest BCUT2D eigenvalue weighted by atomic mass is 10.2. The Morgan fingerprint density at radius 2 is 1.96 bits per heavy atom. The van der Waals surface area contributed by atoms with Crippen molar-refractivity contribution in [2.24, 2.45) is 4.99 Å². The topological polar surface area (TPSA) is 50.7 Å². The molecule has 140 valence electrons. The molecular weight excluding hydrogens is 401 g/mol. The van der Waals surface area contributed by atoms with Gasteiger partial charge < -0.3 is 10.1 Å². The van der Waals surface area contributed by atoms with Crippen LogP contribution < -0.4 is 10.1 Å². The summed E-state index contributed by atoms with van der Waals surface area (Å²) in [6.45, 7) is 0. The van der Waals surface area contributed by atoms with Gasteiger partial charge in [0.2, 0.25) is 0 Å². The van der Waals surface area contributed by atoms with Crippen molar-refractivity contribution in [2.75, 3.05) is 7.11 Å². The minimum absolute atomic E-state index is 0.0486. The molecule has 1 heterocycles. The second-order valence-electron chi connectivity index (χ2n) is 5.39. The normalized spacial score (nSPS) is 17.4. The number of benzene rings is 2. The number of para-hydroxylation sites is 1. The average molecular weight is 413 g/mol. The van der Waals surface area contributed by atoms with Gasteiger partial charge in [-0.15, -0.1) is 0 Å². The van der Waals surface area contributed by atoms with E-state index < -0.39 is 17.6 Å². The van der Waals surface area contributed by atoms with Gasteiger partial charge in [-0.1, -0.05) is 29.8 Å². The molecule has 0 aromatic heterocycles. The molecule has 0 saturated carbocycles. The molecule has 0 radical (unpaired) electrons. The first kappa shape index (κ1) is 19.3. The highest BCUT2D eigenvalue weighted by molar-refractivity contribution is 8.18. The fraction of sp³-hybridized carbons (Fsp3) is 0.111. The van der Waals surface area contributed by atoms with E-state index >= 15 is 0 Å². The number of thioether (sulfide) groups is 1. The van der Waals surface area contributed by atoms with E-state index in [2.05, 4.69) is 10.3 Å². The Balaban J connectivity index is 1.91. The summed E-state index contributed by atoms with van der Waals surface area (Å²) in [5, 5.41) is 2.71. The molecule has 4 nitrogen and oxygen atoms in total. The number of carbonyl (C=O) groups is 1. The lowest BCUT2D eigenvalue weighted by Crippen LogP contribution is -2.19. The zero-order valence-corrected chi connectivity index (χ0v) is 15.4. The molecule has 0 spiro atoms. The lowest BCUT2D eigenvalue weighted by Gasteiger charge is -2.08. The molecule has 1 N–H and O–H groups in total. The third-order valence-corrected chi connectivity index (χ3v) is 4.80. The van der Waals surface area contributed by atoms with Crippen LogP contribution in [0.2, 0.25) is 5.02 Å². The molecule has 2 aromatic rings. The summed E-state index contributed by atoms with van der Waals surface area (Å²) in [6, 6.07) is 9.95. The second-order valence-corrected chi connectivity index (χ2v) is 6.83. The Morgan fingerprint density at radius 3 is 2.67 bits per heavy atom. The average Bonchev–Trinajstić information content (AvgIpc) is 2.95. The molecule has 1 aliphatic rings. The van der Waals surface area contributed by atoms with Crippen LogP contribution in [0.15, 0.2) is 52.4 Å². The molecule has 2 aromatic carbocycles. The van der Waals surface area contributed by atoms with Gasteiger partial charge in [0.15, 0.2) is 5.17 Å². The van der Waals surface area contributed by atoms with Gasteiger partial charge in [-0.2, -0.15) is 13.2 Å². The van der Waals surface area contributed by atoms with Gasteiger partial charge in [0.1, 0.15) is 5.75 Å². The Morgan fingerprint density at radius 1 is 1.22 bits per heavy atom. The molecule has 1 aliphatic heterocycles. The monoisotopic (exact) mass is 412 g/mol. The van der Waals surface area contributed by atoms with Crippen LogP contribution in [0.5, 0.6) is 5.75 Å². The first-order valence-corrected chi connectivity index (χ1v) is 8.77. The fourth-order valence-corrected chi connectivity index (χ4v) is 3.28. The van der Waals surface area contributed by atoms with Crippen LogP contribution in [0.3, 0.4) is 0 Å². The van der Waals surface area contributed by atoms with Gasteiger partial charge in [0.25, 0.3) is 5.91 Å². The van der Waals surface area contributed by atoms with Gasteiger partial charge >= 0.3 is 6.18 Å². The molecule has 1 saturated heterocycles. The summed E-state index contributed by atoms with van der Waals surface area (Å²) in [4.78, 5) is 16.6. The van der Waals surface area contributed by atoms with Crippen molar-refractivity contribution in [1.82, 2.24) is 5.32 Å². The number of rotatable bonds is 3. The van der Waals surface area contributed by atoms with Crippen molar-refractivity contribution in [3.8, 4) is 5.75 Å². The van der Waals surface area contributed by atoms with E-state index in [-0.39, 0.29) is 15.9 Å². The summed E-state index contributed by atoms with van der Waals surface area (Å²) in [7, 11) is 1.52. The van der Waals surface area contributed by atoms with Gasteiger partial charge in [-0.05, 0) is 42.1 Å². The van der Waals surface area contributed by atoms with Crippen molar-refractivity contribution in [3.63, 3.8) is 0 Å². The first-order valence-electron chi connectivity index (χ1n) is 7.57. The second kappa shape index (κ2) is 7.66. The zero-order chi connectivity index (χ0) is 19.6. The highest BCUT2D eigenvalue weighted by Crippen LogP contribution is 2.37. The highest BCUT2D eigenvalue weighted by atomic mass is 35.5. The third kappa shape index (κ3) is 4.45. The number of amidine groups is 1. The Kier molecular flexibility index (Phi) is 5.48. The van der Waals surface area contributed by atoms with Crippen molar-refractivity contribution in [2.45, 2.75) is 6.18 Å². The largest absolute Gasteiger partial charge is 0.496 e. The number of amides is 1. The van der Waals surface area contributed by atoms with Crippen LogP contribution in [0.4, 0.5) is 18.9 Å². The maximum atomic E-state index is 12.9. The maximum absolute atomic E-state index is 12.9. The molecule has 1 amide bonds. The van der Waals surface area contributed by atoms with Crippen LogP contribution in [0.25, 0.3) is 6.08 Å². The molecule has 0 atom stereocenters. The number of methoxy groups -OCH3 is 1. The van der Waals surface area contributed by atoms with E-state index in [0.29, 0.717) is 16.2 Å². The van der Waals surface area contributed by atoms with Gasteiger partial charge in [-0.25, -0.2) is 4.99 Å². The van der Waals surface area contributed by atoms with Crippen LogP contribution >= 0.6 is 23.4 Å². The third-order valence-electron chi connectivity index (χ3n) is 3.57. The quantitative estimate of drug-likeness (QED) is 0.700. The SMILES string of the molecule is COc1ccccc1C=C1SC(=Nc2cc(C(F)(F)F)ccc2Cl)NC1=O. The van der Waals surface area contributed by atoms with Crippen LogP contribution in [0, 0.1) is 0 Å². The number of hydrogen-bond acceptors (Lipinski definition) is 4. The first-order chi connectivity index (χ1) is 12.8. The summed E-state index contributed by atoms with van der Waals surface area (Å²) < 4.78 is 43.8. The minimum atomic E-state index is -4.51. The van der Waals surface area contributed by atoms with Gasteiger partial charge in [0, 0.05) is 5.56 Å². The van der Waals surface area contributed by atoms with Crippen molar-refractivity contribution in [3.05, 3.63) is 63.5 Å². The Bertz CT molecular complexity index is 958. The molecule has 0 bridgehead atoms. The number of hydrogen-bond donors (Lipinski definition) is 1.